The van der Waals surface area contributed by atoms with Crippen molar-refractivity contribution >= 4 is 34.4 Å². The van der Waals surface area contributed by atoms with E-state index in [0.717, 1.165) is 54.0 Å². The molecule has 1 N–H and O–H groups in total. The van der Waals surface area contributed by atoms with Crippen molar-refractivity contribution in [1.29, 1.82) is 0 Å². The van der Waals surface area contributed by atoms with E-state index in [1.54, 1.807) is 0 Å². The van der Waals surface area contributed by atoms with Crippen LogP contribution in [0.2, 0.25) is 5.02 Å². The van der Waals surface area contributed by atoms with Crippen LogP contribution in [0.3, 0.4) is 0 Å². The van der Waals surface area contributed by atoms with E-state index < -0.39 is 0 Å². The minimum Gasteiger partial charge on any atom is -0.352 e. The van der Waals surface area contributed by atoms with E-state index in [1.165, 1.54) is 5.56 Å². The fraction of sp³-hybridized carbons (Fsp3) is 0.348. The fourth-order valence-electron chi connectivity index (χ4n) is 3.83. The molecule has 6 heteroatoms. The molecule has 1 amide bonds. The number of nitrogens with zero attached hydrogens (tertiary/aromatic N) is 3. The zero-order chi connectivity index (χ0) is 20.4. The highest BCUT2D eigenvalue weighted by Crippen LogP contribution is 2.25. The first-order chi connectivity index (χ1) is 14.0. The number of benzene rings is 2. The number of carbonyl (C=O) groups is 1. The second kappa shape index (κ2) is 8.37. The molecule has 4 rings (SSSR count). The summed E-state index contributed by atoms with van der Waals surface area (Å²) in [6.07, 6.45) is 1.59. The van der Waals surface area contributed by atoms with Gasteiger partial charge < -0.3 is 10.2 Å². The number of amides is 1. The van der Waals surface area contributed by atoms with Crippen LogP contribution in [0.15, 0.2) is 42.5 Å². The number of fused-ring (bicyclic) bond motifs is 1. The summed E-state index contributed by atoms with van der Waals surface area (Å²) in [5.41, 5.74) is 4.10. The molecule has 2 aromatic carbocycles. The van der Waals surface area contributed by atoms with Crippen LogP contribution in [0.5, 0.6) is 0 Å². The van der Waals surface area contributed by atoms with Crippen LogP contribution in [-0.4, -0.2) is 29.0 Å². The molecule has 0 saturated carbocycles. The summed E-state index contributed by atoms with van der Waals surface area (Å²) in [5.74, 6) is 0.865. The van der Waals surface area contributed by atoms with E-state index in [9.17, 15) is 4.79 Å². The number of aryl methyl sites for hydroxylation is 2. The van der Waals surface area contributed by atoms with Gasteiger partial charge in [0, 0.05) is 36.0 Å². The molecule has 29 heavy (non-hydrogen) atoms. The van der Waals surface area contributed by atoms with E-state index in [4.69, 9.17) is 21.6 Å². The average Bonchev–Trinajstić information content (AvgIpc) is 2.72. The number of nitrogens with one attached hydrogen (secondary N) is 1. The molecule has 150 valence electrons. The SMILES string of the molecule is Cc1ccc2c(C)nc(N3CCC(C(=O)NCc4ccccc4Cl)CC3)nc2c1. The monoisotopic (exact) mass is 408 g/mol. The molecule has 1 aliphatic heterocycles. The van der Waals surface area contributed by atoms with Gasteiger partial charge in [0.25, 0.3) is 0 Å². The summed E-state index contributed by atoms with van der Waals surface area (Å²) < 4.78 is 0. The van der Waals surface area contributed by atoms with E-state index in [-0.39, 0.29) is 11.8 Å². The van der Waals surface area contributed by atoms with Crippen molar-refractivity contribution < 1.29 is 4.79 Å². The van der Waals surface area contributed by atoms with Gasteiger partial charge in [-0.1, -0.05) is 41.9 Å². The summed E-state index contributed by atoms with van der Waals surface area (Å²) in [5, 5.41) is 4.80. The zero-order valence-electron chi connectivity index (χ0n) is 16.8. The van der Waals surface area contributed by atoms with E-state index in [2.05, 4.69) is 35.3 Å². The summed E-state index contributed by atoms with van der Waals surface area (Å²) in [6, 6.07) is 13.9. The Kier molecular flexibility index (Phi) is 5.67. The molecule has 1 aliphatic rings. The number of rotatable bonds is 4. The fourth-order valence-corrected chi connectivity index (χ4v) is 4.04. The molecule has 1 aromatic heterocycles. The Labute approximate surface area is 176 Å². The first-order valence-corrected chi connectivity index (χ1v) is 10.4. The second-order valence-electron chi connectivity index (χ2n) is 7.70. The lowest BCUT2D eigenvalue weighted by Gasteiger charge is -2.31. The number of hydrogen-bond donors (Lipinski definition) is 1. The highest BCUT2D eigenvalue weighted by Gasteiger charge is 2.26. The van der Waals surface area contributed by atoms with Gasteiger partial charge in [-0.3, -0.25) is 4.79 Å². The molecule has 0 aliphatic carbocycles. The van der Waals surface area contributed by atoms with Gasteiger partial charge in [0.15, 0.2) is 0 Å². The number of hydrogen-bond acceptors (Lipinski definition) is 4. The summed E-state index contributed by atoms with van der Waals surface area (Å²) >= 11 is 6.17. The van der Waals surface area contributed by atoms with Gasteiger partial charge in [-0.05, 0) is 49.9 Å². The molecular weight excluding hydrogens is 384 g/mol. The van der Waals surface area contributed by atoms with Crippen molar-refractivity contribution in [1.82, 2.24) is 15.3 Å². The predicted octanol–water partition coefficient (Wildman–Crippen LogP) is 4.43. The van der Waals surface area contributed by atoms with Crippen LogP contribution in [0.25, 0.3) is 10.9 Å². The quantitative estimate of drug-likeness (QED) is 0.693. The van der Waals surface area contributed by atoms with Crippen LogP contribution in [0.4, 0.5) is 5.95 Å². The lowest BCUT2D eigenvalue weighted by Crippen LogP contribution is -2.41. The van der Waals surface area contributed by atoms with Crippen LogP contribution in [0, 0.1) is 19.8 Å². The Morgan fingerprint density at radius 3 is 2.66 bits per heavy atom. The molecule has 1 fully saturated rings. The van der Waals surface area contributed by atoms with Crippen molar-refractivity contribution in [3.63, 3.8) is 0 Å². The Morgan fingerprint density at radius 1 is 1.14 bits per heavy atom. The van der Waals surface area contributed by atoms with Crippen molar-refractivity contribution in [3.05, 3.63) is 64.3 Å². The van der Waals surface area contributed by atoms with Crippen molar-refractivity contribution in [2.75, 3.05) is 18.0 Å². The Morgan fingerprint density at radius 2 is 1.90 bits per heavy atom. The third-order valence-corrected chi connectivity index (χ3v) is 5.96. The van der Waals surface area contributed by atoms with Gasteiger partial charge in [0.05, 0.1) is 11.2 Å². The number of aromatic nitrogens is 2. The summed E-state index contributed by atoms with van der Waals surface area (Å²) in [6.45, 7) is 6.12. The number of anilines is 1. The lowest BCUT2D eigenvalue weighted by atomic mass is 9.96. The van der Waals surface area contributed by atoms with E-state index >= 15 is 0 Å². The maximum atomic E-state index is 12.6. The highest BCUT2D eigenvalue weighted by molar-refractivity contribution is 6.31. The Balaban J connectivity index is 1.38. The van der Waals surface area contributed by atoms with E-state index in [0.29, 0.717) is 11.6 Å². The predicted molar refractivity (Wildman–Crippen MR) is 117 cm³/mol. The van der Waals surface area contributed by atoms with Crippen LogP contribution in [0.1, 0.15) is 29.7 Å². The maximum absolute atomic E-state index is 12.6. The van der Waals surface area contributed by atoms with Gasteiger partial charge in [0.1, 0.15) is 0 Å². The number of carbonyl (C=O) groups excluding carboxylic acids is 1. The molecule has 0 spiro atoms. The third-order valence-electron chi connectivity index (χ3n) is 5.59. The number of piperidine rings is 1. The largest absolute Gasteiger partial charge is 0.352 e. The van der Waals surface area contributed by atoms with E-state index in [1.807, 2.05) is 31.2 Å². The molecule has 2 heterocycles. The first kappa shape index (κ1) is 19.6. The highest BCUT2D eigenvalue weighted by atomic mass is 35.5. The molecule has 0 radical (unpaired) electrons. The molecule has 0 unspecified atom stereocenters. The van der Waals surface area contributed by atoms with Crippen molar-refractivity contribution in [2.24, 2.45) is 5.92 Å². The van der Waals surface area contributed by atoms with Gasteiger partial charge in [-0.15, -0.1) is 0 Å². The van der Waals surface area contributed by atoms with Gasteiger partial charge in [-0.2, -0.15) is 0 Å². The first-order valence-electron chi connectivity index (χ1n) is 10.0. The minimum absolute atomic E-state index is 0.0116. The molecule has 5 nitrogen and oxygen atoms in total. The smallest absolute Gasteiger partial charge is 0.226 e. The van der Waals surface area contributed by atoms with Crippen LogP contribution < -0.4 is 10.2 Å². The minimum atomic E-state index is 0.0116. The zero-order valence-corrected chi connectivity index (χ0v) is 17.5. The standard InChI is InChI=1S/C23H25ClN4O/c1-15-7-8-19-16(2)26-23(27-21(19)13-15)28-11-9-17(10-12-28)22(29)25-14-18-5-3-4-6-20(18)24/h3-8,13,17H,9-12,14H2,1-2H3,(H,25,29). The topological polar surface area (TPSA) is 58.1 Å². The van der Waals surface area contributed by atoms with Gasteiger partial charge in [0.2, 0.25) is 11.9 Å². The third kappa shape index (κ3) is 4.35. The second-order valence-corrected chi connectivity index (χ2v) is 8.11. The van der Waals surface area contributed by atoms with Crippen LogP contribution in [-0.2, 0) is 11.3 Å². The lowest BCUT2D eigenvalue weighted by molar-refractivity contribution is -0.125. The summed E-state index contributed by atoms with van der Waals surface area (Å²) in [7, 11) is 0. The Bertz CT molecular complexity index is 1040. The van der Waals surface area contributed by atoms with Gasteiger partial charge in [-0.25, -0.2) is 9.97 Å². The average molecular weight is 409 g/mol. The number of halogens is 1. The van der Waals surface area contributed by atoms with Crippen molar-refractivity contribution in [3.8, 4) is 0 Å². The normalized spacial score (nSPS) is 14.9. The summed E-state index contributed by atoms with van der Waals surface area (Å²) in [4.78, 5) is 24.3. The molecular formula is C23H25ClN4O. The molecule has 3 aromatic rings. The van der Waals surface area contributed by atoms with Crippen LogP contribution >= 0.6 is 11.6 Å². The van der Waals surface area contributed by atoms with Gasteiger partial charge >= 0.3 is 0 Å². The van der Waals surface area contributed by atoms with Crippen molar-refractivity contribution in [2.45, 2.75) is 33.2 Å². The molecule has 0 atom stereocenters. The molecule has 1 saturated heterocycles. The maximum Gasteiger partial charge on any atom is 0.226 e. The Hall–Kier alpha value is -2.66. The molecule has 0 bridgehead atoms.